The number of rotatable bonds is 7. The van der Waals surface area contributed by atoms with Crippen molar-refractivity contribution >= 4 is 5.91 Å². The second-order valence-corrected chi connectivity index (χ2v) is 4.67. The Morgan fingerprint density at radius 3 is 2.42 bits per heavy atom. The molecule has 0 bridgehead atoms. The molecule has 0 saturated carbocycles. The highest BCUT2D eigenvalue weighted by Crippen LogP contribution is 2.17. The summed E-state index contributed by atoms with van der Waals surface area (Å²) in [5, 5.41) is 6.18. The lowest BCUT2D eigenvalue weighted by Crippen LogP contribution is -2.43. The van der Waals surface area contributed by atoms with E-state index in [0.29, 0.717) is 0 Å². The molecule has 1 aromatic carbocycles. The number of ether oxygens (including phenoxy) is 1. The lowest BCUT2D eigenvalue weighted by atomic mass is 10.1. The highest BCUT2D eigenvalue weighted by atomic mass is 16.5. The lowest BCUT2D eigenvalue weighted by Gasteiger charge is -2.20. The van der Waals surface area contributed by atoms with Gasteiger partial charge in [-0.15, -0.1) is 0 Å². The van der Waals surface area contributed by atoms with Crippen LogP contribution in [0, 0.1) is 0 Å². The molecule has 1 amide bonds. The van der Waals surface area contributed by atoms with Crippen molar-refractivity contribution in [3.05, 3.63) is 29.8 Å². The van der Waals surface area contributed by atoms with E-state index in [-0.39, 0.29) is 18.0 Å². The molecule has 0 aliphatic rings. The van der Waals surface area contributed by atoms with Crippen LogP contribution in [-0.2, 0) is 4.79 Å². The number of amides is 1. The van der Waals surface area contributed by atoms with Crippen LogP contribution in [0.25, 0.3) is 0 Å². The quantitative estimate of drug-likeness (QED) is 0.794. The molecule has 0 aliphatic heterocycles. The van der Waals surface area contributed by atoms with Gasteiger partial charge in [0.05, 0.1) is 13.2 Å². The predicted octanol–water partition coefficient (Wildman–Crippen LogP) is 2.26. The molecule has 2 N–H and O–H groups in total. The highest BCUT2D eigenvalue weighted by molar-refractivity contribution is 5.81. The number of hydrogen-bond donors (Lipinski definition) is 2. The average molecular weight is 264 g/mol. The van der Waals surface area contributed by atoms with Gasteiger partial charge in [0.25, 0.3) is 0 Å². The van der Waals surface area contributed by atoms with Crippen molar-refractivity contribution in [1.29, 1.82) is 0 Å². The maximum absolute atomic E-state index is 11.8. The summed E-state index contributed by atoms with van der Waals surface area (Å²) in [4.78, 5) is 11.8. The zero-order valence-corrected chi connectivity index (χ0v) is 12.2. The summed E-state index contributed by atoms with van der Waals surface area (Å²) in [6, 6.07) is 7.78. The SMILES string of the molecule is CCCNC(=O)C(C)NC(C)c1ccc(OC)cc1. The van der Waals surface area contributed by atoms with E-state index in [9.17, 15) is 4.79 Å². The van der Waals surface area contributed by atoms with Gasteiger partial charge in [-0.3, -0.25) is 10.1 Å². The number of carbonyl (C=O) groups is 1. The summed E-state index contributed by atoms with van der Waals surface area (Å²) < 4.78 is 5.13. The normalized spacial score (nSPS) is 13.7. The van der Waals surface area contributed by atoms with Crippen molar-refractivity contribution < 1.29 is 9.53 Å². The Morgan fingerprint density at radius 2 is 1.89 bits per heavy atom. The Morgan fingerprint density at radius 1 is 1.26 bits per heavy atom. The van der Waals surface area contributed by atoms with Gasteiger partial charge >= 0.3 is 0 Å². The largest absolute Gasteiger partial charge is 0.497 e. The zero-order valence-electron chi connectivity index (χ0n) is 12.2. The molecule has 4 nitrogen and oxygen atoms in total. The first-order valence-corrected chi connectivity index (χ1v) is 6.76. The molecule has 2 atom stereocenters. The van der Waals surface area contributed by atoms with Crippen molar-refractivity contribution in [2.24, 2.45) is 0 Å². The van der Waals surface area contributed by atoms with Gasteiger partial charge in [0.2, 0.25) is 5.91 Å². The van der Waals surface area contributed by atoms with Crippen LogP contribution < -0.4 is 15.4 Å². The smallest absolute Gasteiger partial charge is 0.236 e. The third-order valence-electron chi connectivity index (χ3n) is 3.06. The van der Waals surface area contributed by atoms with E-state index in [1.165, 1.54) is 0 Å². The minimum Gasteiger partial charge on any atom is -0.497 e. The fourth-order valence-electron chi connectivity index (χ4n) is 1.84. The molecule has 106 valence electrons. The summed E-state index contributed by atoms with van der Waals surface area (Å²) in [6.07, 6.45) is 0.951. The maximum atomic E-state index is 11.8. The summed E-state index contributed by atoms with van der Waals surface area (Å²) in [7, 11) is 1.65. The Hall–Kier alpha value is -1.55. The van der Waals surface area contributed by atoms with Gasteiger partial charge in [-0.25, -0.2) is 0 Å². The van der Waals surface area contributed by atoms with Gasteiger partial charge in [-0.2, -0.15) is 0 Å². The minimum atomic E-state index is -0.205. The maximum Gasteiger partial charge on any atom is 0.236 e. The fourth-order valence-corrected chi connectivity index (χ4v) is 1.84. The number of methoxy groups -OCH3 is 1. The third kappa shape index (κ3) is 4.91. The molecule has 0 aromatic heterocycles. The Bertz CT molecular complexity index is 390. The molecular weight excluding hydrogens is 240 g/mol. The summed E-state index contributed by atoms with van der Waals surface area (Å²) in [5.74, 6) is 0.881. The first kappa shape index (κ1) is 15.5. The van der Waals surface area contributed by atoms with Crippen LogP contribution in [0.3, 0.4) is 0 Å². The summed E-state index contributed by atoms with van der Waals surface area (Å²) in [5.41, 5.74) is 1.14. The van der Waals surface area contributed by atoms with E-state index in [1.807, 2.05) is 45.0 Å². The Kier molecular flexibility index (Phi) is 6.36. The molecular formula is C15H24N2O2. The van der Waals surface area contributed by atoms with Crippen LogP contribution in [0.4, 0.5) is 0 Å². The third-order valence-corrected chi connectivity index (χ3v) is 3.06. The number of nitrogens with one attached hydrogen (secondary N) is 2. The first-order valence-electron chi connectivity index (χ1n) is 6.76. The standard InChI is InChI=1S/C15H24N2O2/c1-5-10-16-15(18)12(3)17-11(2)13-6-8-14(19-4)9-7-13/h6-9,11-12,17H,5,10H2,1-4H3,(H,16,18). The van der Waals surface area contributed by atoms with Gasteiger partial charge in [-0.1, -0.05) is 19.1 Å². The predicted molar refractivity (Wildman–Crippen MR) is 77.3 cm³/mol. The molecule has 0 saturated heterocycles. The zero-order chi connectivity index (χ0) is 14.3. The molecule has 4 heteroatoms. The van der Waals surface area contributed by atoms with E-state index in [0.717, 1.165) is 24.3 Å². The molecule has 0 radical (unpaired) electrons. The molecule has 0 heterocycles. The lowest BCUT2D eigenvalue weighted by molar-refractivity contribution is -0.122. The van der Waals surface area contributed by atoms with Crippen LogP contribution in [0.5, 0.6) is 5.75 Å². The summed E-state index contributed by atoms with van der Waals surface area (Å²) >= 11 is 0. The second kappa shape index (κ2) is 7.79. The highest BCUT2D eigenvalue weighted by Gasteiger charge is 2.15. The van der Waals surface area contributed by atoms with Gasteiger partial charge in [0, 0.05) is 12.6 Å². The summed E-state index contributed by atoms with van der Waals surface area (Å²) in [6.45, 7) is 6.69. The minimum absolute atomic E-state index is 0.0437. The molecule has 0 fully saturated rings. The average Bonchev–Trinajstić information content (AvgIpc) is 2.44. The van der Waals surface area contributed by atoms with Crippen LogP contribution in [0.15, 0.2) is 24.3 Å². The van der Waals surface area contributed by atoms with Crippen LogP contribution in [-0.4, -0.2) is 25.6 Å². The number of hydrogen-bond acceptors (Lipinski definition) is 3. The van der Waals surface area contributed by atoms with Gasteiger partial charge in [0.15, 0.2) is 0 Å². The van der Waals surface area contributed by atoms with Crippen molar-refractivity contribution in [3.8, 4) is 5.75 Å². The van der Waals surface area contributed by atoms with Gasteiger partial charge < -0.3 is 10.1 Å². The van der Waals surface area contributed by atoms with Crippen molar-refractivity contribution in [1.82, 2.24) is 10.6 Å². The van der Waals surface area contributed by atoms with E-state index < -0.39 is 0 Å². The molecule has 1 rings (SSSR count). The van der Waals surface area contributed by atoms with Crippen LogP contribution in [0.2, 0.25) is 0 Å². The van der Waals surface area contributed by atoms with Crippen LogP contribution in [0.1, 0.15) is 38.8 Å². The van der Waals surface area contributed by atoms with E-state index in [4.69, 9.17) is 4.74 Å². The molecule has 2 unspecified atom stereocenters. The van der Waals surface area contributed by atoms with E-state index >= 15 is 0 Å². The van der Waals surface area contributed by atoms with Crippen molar-refractivity contribution in [3.63, 3.8) is 0 Å². The second-order valence-electron chi connectivity index (χ2n) is 4.67. The topological polar surface area (TPSA) is 50.4 Å². The molecule has 0 spiro atoms. The molecule has 0 aliphatic carbocycles. The van der Waals surface area contributed by atoms with Crippen molar-refractivity contribution in [2.75, 3.05) is 13.7 Å². The van der Waals surface area contributed by atoms with E-state index in [1.54, 1.807) is 7.11 Å². The Labute approximate surface area is 115 Å². The van der Waals surface area contributed by atoms with Crippen LogP contribution >= 0.6 is 0 Å². The van der Waals surface area contributed by atoms with Gasteiger partial charge in [-0.05, 0) is 38.0 Å². The number of benzene rings is 1. The molecule has 19 heavy (non-hydrogen) atoms. The number of carbonyl (C=O) groups excluding carboxylic acids is 1. The van der Waals surface area contributed by atoms with Gasteiger partial charge in [0.1, 0.15) is 5.75 Å². The Balaban J connectivity index is 2.52. The van der Waals surface area contributed by atoms with Crippen molar-refractivity contribution in [2.45, 2.75) is 39.3 Å². The fraction of sp³-hybridized carbons (Fsp3) is 0.533. The molecule has 1 aromatic rings. The van der Waals surface area contributed by atoms with E-state index in [2.05, 4.69) is 10.6 Å². The monoisotopic (exact) mass is 264 g/mol. The first-order chi connectivity index (χ1) is 9.08.